The largest absolute Gasteiger partial charge is 0.344 e. The molecule has 4 amide bonds. The lowest BCUT2D eigenvalue weighted by Gasteiger charge is -2.33. The van der Waals surface area contributed by atoms with Crippen LogP contribution >= 0.6 is 11.6 Å². The smallest absolute Gasteiger partial charge is 0.322 e. The summed E-state index contributed by atoms with van der Waals surface area (Å²) in [4.78, 5) is 36.9. The number of hydrogen-bond donors (Lipinski definition) is 2. The highest BCUT2D eigenvalue weighted by Crippen LogP contribution is 2.35. The van der Waals surface area contributed by atoms with Crippen LogP contribution in [-0.2, 0) is 4.79 Å². The molecule has 1 aliphatic heterocycles. The Balaban J connectivity index is 1.73. The number of benzene rings is 1. The third kappa shape index (κ3) is 2.91. The zero-order valence-corrected chi connectivity index (χ0v) is 13.5. The van der Waals surface area contributed by atoms with Crippen molar-refractivity contribution < 1.29 is 14.4 Å². The summed E-state index contributed by atoms with van der Waals surface area (Å²) in [5, 5.41) is 4.06. The van der Waals surface area contributed by atoms with Crippen molar-refractivity contribution in [2.75, 3.05) is 0 Å². The number of amides is 4. The Hall–Kier alpha value is -2.08. The maximum Gasteiger partial charge on any atom is 0.344 e. The fourth-order valence-electron chi connectivity index (χ4n) is 3.08. The maximum absolute atomic E-state index is 12.6. The Morgan fingerprint density at radius 3 is 2.48 bits per heavy atom. The van der Waals surface area contributed by atoms with Gasteiger partial charge in [-0.3, -0.25) is 15.0 Å². The molecule has 1 saturated heterocycles. The second kappa shape index (κ2) is 5.85. The highest BCUT2D eigenvalue weighted by Gasteiger charge is 2.52. The van der Waals surface area contributed by atoms with Gasteiger partial charge in [0.2, 0.25) is 0 Å². The Labute approximate surface area is 139 Å². The molecule has 0 radical (unpaired) electrons. The lowest BCUT2D eigenvalue weighted by Crippen LogP contribution is -2.51. The van der Waals surface area contributed by atoms with E-state index >= 15 is 0 Å². The molecule has 1 heterocycles. The average molecular weight is 336 g/mol. The number of urea groups is 1. The third-order valence-electron chi connectivity index (χ3n) is 4.61. The normalized spacial score (nSPS) is 27.2. The predicted octanol–water partition coefficient (Wildman–Crippen LogP) is 2.49. The zero-order valence-electron chi connectivity index (χ0n) is 12.8. The molecule has 3 rings (SSSR count). The van der Waals surface area contributed by atoms with Crippen molar-refractivity contribution in [3.63, 3.8) is 0 Å². The standard InChI is InChI=1S/C16H18ClN3O3/c1-10-6-8-16(9-7-10)14(22)20(15(23)18-16)19-13(21)11-2-4-12(17)5-3-11/h2-5,10H,6-9H2,1H3,(H,18,23)(H,19,21). The molecule has 2 N–H and O–H groups in total. The van der Waals surface area contributed by atoms with E-state index in [1.807, 2.05) is 0 Å². The van der Waals surface area contributed by atoms with Crippen molar-refractivity contribution in [2.45, 2.75) is 38.1 Å². The van der Waals surface area contributed by atoms with E-state index in [0.29, 0.717) is 29.3 Å². The lowest BCUT2D eigenvalue weighted by atomic mass is 9.77. The van der Waals surface area contributed by atoms with Gasteiger partial charge < -0.3 is 5.32 Å². The monoisotopic (exact) mass is 335 g/mol. The first-order valence-electron chi connectivity index (χ1n) is 7.64. The topological polar surface area (TPSA) is 78.5 Å². The van der Waals surface area contributed by atoms with E-state index < -0.39 is 17.5 Å². The number of carbonyl (C=O) groups is 3. The molecule has 1 aliphatic carbocycles. The van der Waals surface area contributed by atoms with Crippen LogP contribution in [-0.4, -0.2) is 28.4 Å². The minimum atomic E-state index is -0.864. The van der Waals surface area contributed by atoms with Crippen LogP contribution in [0, 0.1) is 5.92 Å². The first-order valence-corrected chi connectivity index (χ1v) is 8.02. The summed E-state index contributed by atoms with van der Waals surface area (Å²) in [6, 6.07) is 5.65. The van der Waals surface area contributed by atoms with Gasteiger partial charge in [0.15, 0.2) is 0 Å². The lowest BCUT2D eigenvalue weighted by molar-refractivity contribution is -0.134. The SMILES string of the molecule is CC1CCC2(CC1)NC(=O)N(NC(=O)c1ccc(Cl)cc1)C2=O. The molecule has 0 bridgehead atoms. The third-order valence-corrected chi connectivity index (χ3v) is 4.86. The van der Waals surface area contributed by atoms with Crippen molar-refractivity contribution in [3.8, 4) is 0 Å². The number of hydrazine groups is 1. The van der Waals surface area contributed by atoms with Gasteiger partial charge in [0.05, 0.1) is 0 Å². The quantitative estimate of drug-likeness (QED) is 0.815. The van der Waals surface area contributed by atoms with E-state index in [9.17, 15) is 14.4 Å². The number of nitrogens with one attached hydrogen (secondary N) is 2. The van der Waals surface area contributed by atoms with Crippen LogP contribution in [0.1, 0.15) is 43.0 Å². The summed E-state index contributed by atoms with van der Waals surface area (Å²) in [6.45, 7) is 2.13. The number of hydrogen-bond acceptors (Lipinski definition) is 3. The molecule has 1 saturated carbocycles. The highest BCUT2D eigenvalue weighted by molar-refractivity contribution is 6.30. The van der Waals surface area contributed by atoms with E-state index in [2.05, 4.69) is 17.7 Å². The van der Waals surface area contributed by atoms with Crippen molar-refractivity contribution in [1.29, 1.82) is 0 Å². The summed E-state index contributed by atoms with van der Waals surface area (Å²) in [6.07, 6.45) is 2.97. The molecule has 2 aliphatic rings. The van der Waals surface area contributed by atoms with E-state index in [1.54, 1.807) is 12.1 Å². The van der Waals surface area contributed by atoms with E-state index in [4.69, 9.17) is 11.6 Å². The van der Waals surface area contributed by atoms with Gasteiger partial charge in [-0.1, -0.05) is 18.5 Å². The minimum absolute atomic E-state index is 0.327. The van der Waals surface area contributed by atoms with Crippen LogP contribution in [0.25, 0.3) is 0 Å². The molecule has 2 fully saturated rings. The minimum Gasteiger partial charge on any atom is -0.322 e. The molecule has 1 aromatic rings. The van der Waals surface area contributed by atoms with Crippen LogP contribution in [0.15, 0.2) is 24.3 Å². The molecule has 0 aromatic heterocycles. The van der Waals surface area contributed by atoms with Crippen molar-refractivity contribution in [1.82, 2.24) is 15.8 Å². The van der Waals surface area contributed by atoms with Crippen molar-refractivity contribution in [2.24, 2.45) is 5.92 Å². The molecule has 1 aromatic carbocycles. The molecular formula is C16H18ClN3O3. The van der Waals surface area contributed by atoms with E-state index in [0.717, 1.165) is 17.9 Å². The van der Waals surface area contributed by atoms with Crippen LogP contribution in [0.3, 0.4) is 0 Å². The average Bonchev–Trinajstić information content (AvgIpc) is 2.75. The Morgan fingerprint density at radius 2 is 1.87 bits per heavy atom. The molecule has 122 valence electrons. The van der Waals surface area contributed by atoms with E-state index in [-0.39, 0.29) is 5.91 Å². The second-order valence-electron chi connectivity index (χ2n) is 6.28. The summed E-state index contributed by atoms with van der Waals surface area (Å²) >= 11 is 5.78. The number of nitrogens with zero attached hydrogens (tertiary/aromatic N) is 1. The van der Waals surface area contributed by atoms with Gasteiger partial charge in [-0.05, 0) is 55.9 Å². The first kappa shape index (κ1) is 15.8. The number of halogens is 1. The molecule has 23 heavy (non-hydrogen) atoms. The molecule has 6 nitrogen and oxygen atoms in total. The van der Waals surface area contributed by atoms with Gasteiger partial charge >= 0.3 is 6.03 Å². The highest BCUT2D eigenvalue weighted by atomic mass is 35.5. The number of imide groups is 1. The molecule has 0 unspecified atom stereocenters. The summed E-state index contributed by atoms with van der Waals surface area (Å²) in [5.41, 5.74) is 1.85. The van der Waals surface area contributed by atoms with Crippen molar-refractivity contribution in [3.05, 3.63) is 34.9 Å². The fraction of sp³-hybridized carbons (Fsp3) is 0.438. The van der Waals surface area contributed by atoms with Gasteiger partial charge in [-0.15, -0.1) is 0 Å². The Morgan fingerprint density at radius 1 is 1.26 bits per heavy atom. The summed E-state index contributed by atoms with van der Waals surface area (Å²) in [7, 11) is 0. The van der Waals surface area contributed by atoms with Gasteiger partial charge in [0, 0.05) is 10.6 Å². The number of carbonyl (C=O) groups excluding carboxylic acids is 3. The first-order chi connectivity index (χ1) is 10.9. The molecule has 1 spiro atoms. The van der Waals surface area contributed by atoms with Gasteiger partial charge in [-0.2, -0.15) is 5.01 Å². The van der Waals surface area contributed by atoms with Gasteiger partial charge in [0.1, 0.15) is 5.54 Å². The zero-order chi connectivity index (χ0) is 16.6. The van der Waals surface area contributed by atoms with Crippen molar-refractivity contribution >= 4 is 29.4 Å². The van der Waals surface area contributed by atoms with Crippen LogP contribution in [0.4, 0.5) is 4.79 Å². The fourth-order valence-corrected chi connectivity index (χ4v) is 3.21. The Bertz CT molecular complexity index is 651. The van der Waals surface area contributed by atoms with Crippen LogP contribution < -0.4 is 10.7 Å². The molecular weight excluding hydrogens is 318 g/mol. The number of rotatable bonds is 2. The summed E-state index contributed by atoms with van der Waals surface area (Å²) in [5.74, 6) is -0.355. The van der Waals surface area contributed by atoms with E-state index in [1.165, 1.54) is 12.1 Å². The molecule has 7 heteroatoms. The Kier molecular flexibility index (Phi) is 4.02. The predicted molar refractivity (Wildman–Crippen MR) is 84.7 cm³/mol. The van der Waals surface area contributed by atoms with Gasteiger partial charge in [0.25, 0.3) is 11.8 Å². The second-order valence-corrected chi connectivity index (χ2v) is 6.72. The summed E-state index contributed by atoms with van der Waals surface area (Å²) < 4.78 is 0. The maximum atomic E-state index is 12.6. The molecule has 0 atom stereocenters. The van der Waals surface area contributed by atoms with Crippen LogP contribution in [0.2, 0.25) is 5.02 Å². The van der Waals surface area contributed by atoms with Gasteiger partial charge in [-0.25, -0.2) is 4.79 Å². The van der Waals surface area contributed by atoms with Crippen LogP contribution in [0.5, 0.6) is 0 Å².